The highest BCUT2D eigenvalue weighted by molar-refractivity contribution is 7.89. The van der Waals surface area contributed by atoms with Gasteiger partial charge in [-0.3, -0.25) is 4.79 Å². The number of benzene rings is 1. The van der Waals surface area contributed by atoms with Crippen LogP contribution in [0.2, 0.25) is 0 Å². The van der Waals surface area contributed by atoms with Gasteiger partial charge >= 0.3 is 0 Å². The molecule has 1 aromatic carbocycles. The molecule has 2 rings (SSSR count). The highest BCUT2D eigenvalue weighted by atomic mass is 32.2. The zero-order chi connectivity index (χ0) is 21.9. The van der Waals surface area contributed by atoms with Gasteiger partial charge in [-0.05, 0) is 62.4 Å². The molecular formula is C21H31N3O3S2. The van der Waals surface area contributed by atoms with Crippen molar-refractivity contribution in [1.82, 2.24) is 15.0 Å². The Morgan fingerprint density at radius 1 is 1.03 bits per heavy atom. The number of hydrogen-bond acceptors (Lipinski definition) is 5. The van der Waals surface area contributed by atoms with E-state index in [4.69, 9.17) is 0 Å². The Bertz CT molecular complexity index is 979. The second-order valence-corrected chi connectivity index (χ2v) is 10.3. The summed E-state index contributed by atoms with van der Waals surface area (Å²) < 4.78 is 28.3. The van der Waals surface area contributed by atoms with Crippen molar-refractivity contribution in [2.45, 2.75) is 72.2 Å². The van der Waals surface area contributed by atoms with Gasteiger partial charge in [-0.2, -0.15) is 0 Å². The highest BCUT2D eigenvalue weighted by Gasteiger charge is 2.23. The van der Waals surface area contributed by atoms with Crippen LogP contribution >= 0.6 is 11.3 Å². The predicted molar refractivity (Wildman–Crippen MR) is 118 cm³/mol. The first kappa shape index (κ1) is 23.5. The lowest BCUT2D eigenvalue weighted by atomic mass is 9.95. The Morgan fingerprint density at radius 3 is 2.10 bits per heavy atom. The van der Waals surface area contributed by atoms with Crippen molar-refractivity contribution >= 4 is 27.3 Å². The fraction of sp³-hybridized carbons (Fsp3) is 0.524. The van der Waals surface area contributed by atoms with E-state index in [1.165, 1.54) is 0 Å². The molecule has 1 aromatic heterocycles. The van der Waals surface area contributed by atoms with Gasteiger partial charge in [-0.15, -0.1) is 11.3 Å². The van der Waals surface area contributed by atoms with E-state index in [1.807, 2.05) is 40.0 Å². The van der Waals surface area contributed by atoms with Gasteiger partial charge in [0.05, 0.1) is 22.1 Å². The largest absolute Gasteiger partial charge is 0.350 e. The van der Waals surface area contributed by atoms with Crippen molar-refractivity contribution in [3.8, 4) is 0 Å². The van der Waals surface area contributed by atoms with E-state index in [2.05, 4.69) is 28.9 Å². The van der Waals surface area contributed by atoms with E-state index in [9.17, 15) is 13.2 Å². The number of aromatic nitrogens is 1. The van der Waals surface area contributed by atoms with Gasteiger partial charge in [0.1, 0.15) is 0 Å². The lowest BCUT2D eigenvalue weighted by molar-refractivity contribution is -0.121. The van der Waals surface area contributed by atoms with E-state index in [1.54, 1.807) is 11.3 Å². The molecule has 1 heterocycles. The Kier molecular flexibility index (Phi) is 7.59. The van der Waals surface area contributed by atoms with Crippen molar-refractivity contribution < 1.29 is 13.2 Å². The summed E-state index contributed by atoms with van der Waals surface area (Å²) >= 11 is 1.58. The van der Waals surface area contributed by atoms with Gasteiger partial charge in [0.15, 0.2) is 0 Å². The van der Waals surface area contributed by atoms with Crippen LogP contribution in [0.25, 0.3) is 0 Å². The van der Waals surface area contributed by atoms with Gasteiger partial charge in [0, 0.05) is 24.3 Å². The van der Waals surface area contributed by atoms with Crippen LogP contribution in [0.1, 0.15) is 64.7 Å². The van der Waals surface area contributed by atoms with Crippen LogP contribution in [0.5, 0.6) is 0 Å². The third-order valence-electron chi connectivity index (χ3n) is 5.37. The number of rotatable bonds is 8. The third kappa shape index (κ3) is 5.43. The molecule has 0 radical (unpaired) electrons. The average molecular weight is 438 g/mol. The zero-order valence-corrected chi connectivity index (χ0v) is 19.9. The second kappa shape index (κ2) is 9.36. The minimum Gasteiger partial charge on any atom is -0.350 e. The number of carbonyl (C=O) groups excluding carboxylic acids is 1. The van der Waals surface area contributed by atoms with Crippen LogP contribution in [0.15, 0.2) is 10.3 Å². The molecule has 0 spiro atoms. The van der Waals surface area contributed by atoms with E-state index >= 15 is 0 Å². The number of nitrogens with zero attached hydrogens (tertiary/aromatic N) is 1. The number of nitrogens with one attached hydrogen (secondary N) is 2. The Balaban J connectivity index is 1.96. The number of thiazole rings is 1. The Labute approximate surface area is 178 Å². The van der Waals surface area contributed by atoms with Crippen molar-refractivity contribution in [3.05, 3.63) is 43.9 Å². The third-order valence-corrected chi connectivity index (χ3v) is 8.30. The number of hydrogen-bond donors (Lipinski definition) is 2. The summed E-state index contributed by atoms with van der Waals surface area (Å²) in [5.74, 6) is 0.149. The fourth-order valence-electron chi connectivity index (χ4n) is 3.19. The molecule has 0 saturated carbocycles. The molecule has 0 aliphatic rings. The summed E-state index contributed by atoms with van der Waals surface area (Å²) in [6.45, 7) is 14.1. The molecule has 0 aliphatic heterocycles. The number of carbonyl (C=O) groups is 1. The molecular weight excluding hydrogens is 406 g/mol. The summed E-state index contributed by atoms with van der Waals surface area (Å²) in [6, 6.07) is 0. The Morgan fingerprint density at radius 2 is 1.59 bits per heavy atom. The minimum atomic E-state index is -3.69. The van der Waals surface area contributed by atoms with Gasteiger partial charge in [0.2, 0.25) is 15.9 Å². The van der Waals surface area contributed by atoms with E-state index in [0.717, 1.165) is 38.5 Å². The first-order chi connectivity index (χ1) is 13.5. The van der Waals surface area contributed by atoms with E-state index in [-0.39, 0.29) is 18.9 Å². The molecule has 0 aliphatic carbocycles. The van der Waals surface area contributed by atoms with Crippen molar-refractivity contribution in [1.29, 1.82) is 0 Å². The van der Waals surface area contributed by atoms with Crippen LogP contribution < -0.4 is 10.0 Å². The molecule has 2 aromatic rings. The lowest BCUT2D eigenvalue weighted by Gasteiger charge is -2.19. The smallest absolute Gasteiger partial charge is 0.241 e. The summed E-state index contributed by atoms with van der Waals surface area (Å²) in [5, 5.41) is 5.77. The SMILES string of the molecule is Cc1c(C)c(C)c(S(=O)(=O)NCCC(=O)NCc2csc(C(C)C)n2)c(C)c1C. The molecule has 1 amide bonds. The number of amides is 1. The molecule has 29 heavy (non-hydrogen) atoms. The van der Waals surface area contributed by atoms with Crippen LogP contribution in [0.3, 0.4) is 0 Å². The maximum absolute atomic E-state index is 12.9. The zero-order valence-electron chi connectivity index (χ0n) is 18.3. The van der Waals surface area contributed by atoms with Gasteiger partial charge in [-0.1, -0.05) is 13.8 Å². The molecule has 0 atom stereocenters. The normalized spacial score (nSPS) is 11.9. The van der Waals surface area contributed by atoms with Crippen LogP contribution in [0.4, 0.5) is 0 Å². The number of sulfonamides is 1. The van der Waals surface area contributed by atoms with Gasteiger partial charge < -0.3 is 5.32 Å². The summed E-state index contributed by atoms with van der Waals surface area (Å²) in [7, 11) is -3.69. The van der Waals surface area contributed by atoms with E-state index < -0.39 is 10.0 Å². The standard InChI is InChI=1S/C21H31N3O3S2/c1-12(2)21-24-18(11-28-21)10-22-19(25)8-9-23-29(26,27)20-16(6)14(4)13(3)15(5)17(20)7/h11-12,23H,8-10H2,1-7H3,(H,22,25). The van der Waals surface area contributed by atoms with Crippen LogP contribution in [-0.2, 0) is 21.4 Å². The molecule has 2 N–H and O–H groups in total. The summed E-state index contributed by atoms with van der Waals surface area (Å²) in [5.41, 5.74) is 5.41. The fourth-order valence-corrected chi connectivity index (χ4v) is 5.65. The molecule has 6 nitrogen and oxygen atoms in total. The van der Waals surface area contributed by atoms with Gasteiger partial charge in [-0.25, -0.2) is 18.1 Å². The lowest BCUT2D eigenvalue weighted by Crippen LogP contribution is -2.31. The van der Waals surface area contributed by atoms with E-state index in [0.29, 0.717) is 17.4 Å². The molecule has 8 heteroatoms. The average Bonchev–Trinajstić information content (AvgIpc) is 3.12. The first-order valence-corrected chi connectivity index (χ1v) is 12.1. The maximum atomic E-state index is 12.9. The van der Waals surface area contributed by atoms with Crippen LogP contribution in [0, 0.1) is 34.6 Å². The van der Waals surface area contributed by atoms with Crippen molar-refractivity contribution in [3.63, 3.8) is 0 Å². The highest BCUT2D eigenvalue weighted by Crippen LogP contribution is 2.29. The second-order valence-electron chi connectivity index (χ2n) is 7.71. The molecule has 160 valence electrons. The minimum absolute atomic E-state index is 0.0489. The molecule has 0 bridgehead atoms. The Hall–Kier alpha value is -1.77. The van der Waals surface area contributed by atoms with Gasteiger partial charge in [0.25, 0.3) is 0 Å². The molecule has 0 saturated heterocycles. The molecule has 0 fully saturated rings. The summed E-state index contributed by atoms with van der Waals surface area (Å²) in [6.07, 6.45) is 0.0718. The van der Waals surface area contributed by atoms with Crippen LogP contribution in [-0.4, -0.2) is 25.9 Å². The monoisotopic (exact) mass is 437 g/mol. The summed E-state index contributed by atoms with van der Waals surface area (Å²) in [4.78, 5) is 16.9. The predicted octanol–water partition coefficient (Wildman–Crippen LogP) is 3.79. The molecule has 0 unspecified atom stereocenters. The first-order valence-electron chi connectivity index (χ1n) is 9.73. The maximum Gasteiger partial charge on any atom is 0.241 e. The van der Waals surface area contributed by atoms with Crippen molar-refractivity contribution in [2.75, 3.05) is 6.54 Å². The topological polar surface area (TPSA) is 88.2 Å². The quantitative estimate of drug-likeness (QED) is 0.658. The van der Waals surface area contributed by atoms with Crippen molar-refractivity contribution in [2.24, 2.45) is 0 Å².